The molecule has 1 aromatic carbocycles. The van der Waals surface area contributed by atoms with Crippen molar-refractivity contribution in [1.82, 2.24) is 14.8 Å². The molecule has 3 rings (SSSR count). The lowest BCUT2D eigenvalue weighted by atomic mass is 9.99. The molecule has 2 heterocycles. The van der Waals surface area contributed by atoms with Crippen LogP contribution in [0.5, 0.6) is 5.88 Å². The summed E-state index contributed by atoms with van der Waals surface area (Å²) in [7, 11) is 1.93. The predicted octanol–water partition coefficient (Wildman–Crippen LogP) is 2.70. The summed E-state index contributed by atoms with van der Waals surface area (Å²) in [5.74, 6) is 5.16. The van der Waals surface area contributed by atoms with E-state index in [1.54, 1.807) is 37.8 Å². The van der Waals surface area contributed by atoms with Crippen LogP contribution in [0.2, 0.25) is 0 Å². The molecule has 8 heteroatoms. The standard InChI is InChI=1S/C27H34FN3O4/c1-18-14-31(19(2)17-32)26(33)23-12-20(9-10-27(3,4)34)13-29-25(23)35-24(18)16-30(5)15-21-7-6-8-22(28)11-21/h6-8,11-13,18-19,24,32,34H,14-17H2,1-5H3/t18-,19-,24-/m0/s1. The van der Waals surface area contributed by atoms with Gasteiger partial charge in [-0.25, -0.2) is 9.37 Å². The molecule has 0 unspecified atom stereocenters. The summed E-state index contributed by atoms with van der Waals surface area (Å²) in [6.45, 7) is 8.21. The lowest BCUT2D eigenvalue weighted by Crippen LogP contribution is -2.49. The van der Waals surface area contributed by atoms with Crippen molar-refractivity contribution in [2.45, 2.75) is 52.0 Å². The number of aromatic nitrogens is 1. The highest BCUT2D eigenvalue weighted by atomic mass is 19.1. The maximum atomic E-state index is 13.6. The molecule has 0 aliphatic carbocycles. The number of nitrogens with zero attached hydrogens (tertiary/aromatic N) is 3. The van der Waals surface area contributed by atoms with Gasteiger partial charge in [-0.2, -0.15) is 0 Å². The molecule has 1 aliphatic heterocycles. The van der Waals surface area contributed by atoms with Crippen LogP contribution in [0.25, 0.3) is 0 Å². The van der Waals surface area contributed by atoms with Gasteiger partial charge in [0.05, 0.1) is 12.6 Å². The largest absolute Gasteiger partial charge is 0.472 e. The number of fused-ring (bicyclic) bond motifs is 1. The number of carbonyl (C=O) groups excluding carboxylic acids is 1. The molecule has 1 aromatic heterocycles. The van der Waals surface area contributed by atoms with Gasteiger partial charge in [-0.15, -0.1) is 0 Å². The monoisotopic (exact) mass is 483 g/mol. The lowest BCUT2D eigenvalue weighted by molar-refractivity contribution is 0.0325. The smallest absolute Gasteiger partial charge is 0.259 e. The predicted molar refractivity (Wildman–Crippen MR) is 131 cm³/mol. The second kappa shape index (κ2) is 11.2. The van der Waals surface area contributed by atoms with Crippen molar-refractivity contribution >= 4 is 5.91 Å². The van der Waals surface area contributed by atoms with Gasteiger partial charge in [0, 0.05) is 37.3 Å². The van der Waals surface area contributed by atoms with Crippen LogP contribution in [-0.2, 0) is 6.54 Å². The van der Waals surface area contributed by atoms with Crippen molar-refractivity contribution in [3.63, 3.8) is 0 Å². The van der Waals surface area contributed by atoms with E-state index in [2.05, 4.69) is 16.8 Å². The average molecular weight is 484 g/mol. The minimum atomic E-state index is -1.19. The lowest BCUT2D eigenvalue weighted by Gasteiger charge is -2.37. The summed E-state index contributed by atoms with van der Waals surface area (Å²) >= 11 is 0. The normalized spacial score (nSPS) is 19.2. The summed E-state index contributed by atoms with van der Waals surface area (Å²) in [6, 6.07) is 7.71. The summed E-state index contributed by atoms with van der Waals surface area (Å²) in [4.78, 5) is 21.5. The minimum absolute atomic E-state index is 0.0625. The topological polar surface area (TPSA) is 86.1 Å². The molecule has 0 fully saturated rings. The third kappa shape index (κ3) is 7.25. The Morgan fingerprint density at radius 2 is 2.11 bits per heavy atom. The van der Waals surface area contributed by atoms with E-state index in [-0.39, 0.29) is 41.8 Å². The molecule has 1 aliphatic rings. The number of ether oxygens (including phenoxy) is 1. The fourth-order valence-corrected chi connectivity index (χ4v) is 3.93. The number of carbonyl (C=O) groups is 1. The van der Waals surface area contributed by atoms with Gasteiger partial charge >= 0.3 is 0 Å². The van der Waals surface area contributed by atoms with Crippen LogP contribution in [-0.4, -0.2) is 75.4 Å². The number of aliphatic hydroxyl groups is 2. The number of aliphatic hydroxyl groups excluding tert-OH is 1. The highest BCUT2D eigenvalue weighted by Gasteiger charge is 2.34. The summed E-state index contributed by atoms with van der Waals surface area (Å²) in [5.41, 5.74) is 0.408. The molecule has 0 saturated heterocycles. The summed E-state index contributed by atoms with van der Waals surface area (Å²) in [6.07, 6.45) is 1.21. The van der Waals surface area contributed by atoms with Crippen molar-refractivity contribution in [3.05, 3.63) is 59.0 Å². The molecule has 0 radical (unpaired) electrons. The van der Waals surface area contributed by atoms with Gasteiger partial charge in [-0.3, -0.25) is 9.69 Å². The number of benzene rings is 1. The first-order valence-electron chi connectivity index (χ1n) is 11.7. The third-order valence-corrected chi connectivity index (χ3v) is 5.87. The Balaban J connectivity index is 1.92. The Hall–Kier alpha value is -2.99. The van der Waals surface area contributed by atoms with Crippen molar-refractivity contribution in [1.29, 1.82) is 0 Å². The molecule has 2 aromatic rings. The van der Waals surface area contributed by atoms with Crippen molar-refractivity contribution < 1.29 is 24.1 Å². The van der Waals surface area contributed by atoms with Crippen LogP contribution < -0.4 is 4.74 Å². The van der Waals surface area contributed by atoms with E-state index in [1.165, 1.54) is 18.3 Å². The van der Waals surface area contributed by atoms with Gasteiger partial charge in [0.2, 0.25) is 5.88 Å². The van der Waals surface area contributed by atoms with Gasteiger partial charge in [-0.05, 0) is 51.6 Å². The second-order valence-corrected chi connectivity index (χ2v) is 9.84. The number of amides is 1. The van der Waals surface area contributed by atoms with E-state index >= 15 is 0 Å². The van der Waals surface area contributed by atoms with Crippen molar-refractivity contribution in [2.24, 2.45) is 5.92 Å². The van der Waals surface area contributed by atoms with Crippen LogP contribution >= 0.6 is 0 Å². The highest BCUT2D eigenvalue weighted by Crippen LogP contribution is 2.27. The summed E-state index contributed by atoms with van der Waals surface area (Å²) < 4.78 is 19.9. The second-order valence-electron chi connectivity index (χ2n) is 9.84. The van der Waals surface area contributed by atoms with Crippen LogP contribution in [0.15, 0.2) is 36.5 Å². The number of likely N-dealkylation sites (N-methyl/N-ethyl adjacent to an activating group) is 1. The van der Waals surface area contributed by atoms with E-state index in [9.17, 15) is 19.4 Å². The van der Waals surface area contributed by atoms with E-state index < -0.39 is 11.6 Å². The van der Waals surface area contributed by atoms with Crippen LogP contribution in [0.1, 0.15) is 49.2 Å². The Kier molecular flexibility index (Phi) is 8.49. The fourth-order valence-electron chi connectivity index (χ4n) is 3.93. The number of halogens is 1. The fraction of sp³-hybridized carbons (Fsp3) is 0.481. The van der Waals surface area contributed by atoms with Gasteiger partial charge < -0.3 is 19.8 Å². The molecule has 0 spiro atoms. The first kappa shape index (κ1) is 26.6. The zero-order valence-corrected chi connectivity index (χ0v) is 21.0. The van der Waals surface area contributed by atoms with Gasteiger partial charge in [0.15, 0.2) is 0 Å². The Morgan fingerprint density at radius 1 is 1.37 bits per heavy atom. The molecule has 35 heavy (non-hydrogen) atoms. The zero-order valence-electron chi connectivity index (χ0n) is 21.0. The molecule has 0 bridgehead atoms. The Bertz CT molecular complexity index is 1110. The third-order valence-electron chi connectivity index (χ3n) is 5.87. The van der Waals surface area contributed by atoms with Gasteiger partial charge in [0.1, 0.15) is 23.1 Å². The molecule has 188 valence electrons. The van der Waals surface area contributed by atoms with E-state index in [0.29, 0.717) is 25.2 Å². The molecular weight excluding hydrogens is 449 g/mol. The minimum Gasteiger partial charge on any atom is -0.472 e. The Labute approximate surface area is 206 Å². The quantitative estimate of drug-likeness (QED) is 0.615. The molecular formula is C27H34FN3O4. The van der Waals surface area contributed by atoms with E-state index in [1.807, 2.05) is 24.9 Å². The first-order chi connectivity index (χ1) is 16.5. The molecule has 2 N–H and O–H groups in total. The highest BCUT2D eigenvalue weighted by molar-refractivity contribution is 5.97. The molecule has 0 saturated carbocycles. The van der Waals surface area contributed by atoms with Crippen LogP contribution in [0.4, 0.5) is 4.39 Å². The van der Waals surface area contributed by atoms with Crippen LogP contribution in [0, 0.1) is 23.6 Å². The zero-order chi connectivity index (χ0) is 25.8. The molecule has 1 amide bonds. The maximum absolute atomic E-state index is 13.6. The maximum Gasteiger partial charge on any atom is 0.259 e. The average Bonchev–Trinajstić information content (AvgIpc) is 2.79. The van der Waals surface area contributed by atoms with Gasteiger partial charge in [-0.1, -0.05) is 30.9 Å². The number of hydrogen-bond donors (Lipinski definition) is 2. The number of pyridine rings is 1. The number of rotatable bonds is 6. The molecule has 3 atom stereocenters. The molecule has 7 nitrogen and oxygen atoms in total. The van der Waals surface area contributed by atoms with E-state index in [0.717, 1.165) is 5.56 Å². The number of hydrogen-bond acceptors (Lipinski definition) is 6. The first-order valence-corrected chi connectivity index (χ1v) is 11.7. The van der Waals surface area contributed by atoms with Crippen molar-refractivity contribution in [2.75, 3.05) is 26.7 Å². The van der Waals surface area contributed by atoms with Crippen LogP contribution in [0.3, 0.4) is 0 Å². The van der Waals surface area contributed by atoms with Gasteiger partial charge in [0.25, 0.3) is 5.91 Å². The summed E-state index contributed by atoms with van der Waals surface area (Å²) in [5, 5.41) is 19.7. The van der Waals surface area contributed by atoms with Crippen molar-refractivity contribution in [3.8, 4) is 17.7 Å². The SMILES string of the molecule is C[C@H]1CN([C@@H](C)CO)C(=O)c2cc(C#CC(C)(C)O)cnc2O[C@H]1CN(C)Cc1cccc(F)c1. The Morgan fingerprint density at radius 3 is 2.77 bits per heavy atom. The van der Waals surface area contributed by atoms with E-state index in [4.69, 9.17) is 4.74 Å².